The summed E-state index contributed by atoms with van der Waals surface area (Å²) in [6.45, 7) is 12.2. The molecule has 1 aliphatic heterocycles. The summed E-state index contributed by atoms with van der Waals surface area (Å²) in [4.78, 5) is 0. The Kier molecular flexibility index (Phi) is 3.65. The highest BCUT2D eigenvalue weighted by molar-refractivity contribution is 5.45. The standard InChI is InChI=1S/C17H27NO/c1-16(2,3)10-14(18-6)12-7-8-15-13(9-12)17(4,5)11-19-15/h7-9,14,18H,10-11H2,1-6H3. The molecule has 0 saturated carbocycles. The highest BCUT2D eigenvalue weighted by Gasteiger charge is 2.32. The maximum atomic E-state index is 5.76. The van der Waals surface area contributed by atoms with Gasteiger partial charge in [0.1, 0.15) is 5.75 Å². The highest BCUT2D eigenvalue weighted by atomic mass is 16.5. The van der Waals surface area contributed by atoms with Crippen molar-refractivity contribution < 1.29 is 4.74 Å². The Morgan fingerprint density at radius 2 is 2.00 bits per heavy atom. The van der Waals surface area contributed by atoms with Gasteiger partial charge in [-0.2, -0.15) is 0 Å². The predicted molar refractivity (Wildman–Crippen MR) is 80.8 cm³/mol. The van der Waals surface area contributed by atoms with Crippen molar-refractivity contribution in [1.82, 2.24) is 5.32 Å². The number of hydrogen-bond acceptors (Lipinski definition) is 2. The van der Waals surface area contributed by atoms with E-state index < -0.39 is 0 Å². The van der Waals surface area contributed by atoms with Gasteiger partial charge >= 0.3 is 0 Å². The van der Waals surface area contributed by atoms with E-state index in [-0.39, 0.29) is 5.41 Å². The maximum Gasteiger partial charge on any atom is 0.123 e. The van der Waals surface area contributed by atoms with Crippen molar-refractivity contribution in [2.75, 3.05) is 13.7 Å². The summed E-state index contributed by atoms with van der Waals surface area (Å²) in [7, 11) is 2.05. The first-order valence-corrected chi connectivity index (χ1v) is 7.17. The molecule has 0 fully saturated rings. The summed E-state index contributed by atoms with van der Waals surface area (Å²) in [5, 5.41) is 3.45. The number of ether oxygens (including phenoxy) is 1. The first kappa shape index (κ1) is 14.4. The predicted octanol–water partition coefficient (Wildman–Crippen LogP) is 4.05. The summed E-state index contributed by atoms with van der Waals surface area (Å²) in [5.41, 5.74) is 3.17. The summed E-state index contributed by atoms with van der Waals surface area (Å²) in [6, 6.07) is 7.07. The van der Waals surface area contributed by atoms with E-state index in [0.29, 0.717) is 11.5 Å². The van der Waals surface area contributed by atoms with Crippen molar-refractivity contribution in [2.24, 2.45) is 5.41 Å². The third-order valence-electron chi connectivity index (χ3n) is 3.89. The molecule has 2 nitrogen and oxygen atoms in total. The quantitative estimate of drug-likeness (QED) is 0.886. The second kappa shape index (κ2) is 4.82. The summed E-state index contributed by atoms with van der Waals surface area (Å²) in [6.07, 6.45) is 1.13. The SMILES string of the molecule is CNC(CC(C)(C)C)c1ccc2c(c1)C(C)(C)CO2. The molecule has 1 aliphatic rings. The molecule has 0 aromatic heterocycles. The zero-order valence-electron chi connectivity index (χ0n) is 13.1. The maximum absolute atomic E-state index is 5.76. The third-order valence-corrected chi connectivity index (χ3v) is 3.89. The first-order valence-electron chi connectivity index (χ1n) is 7.17. The van der Waals surface area contributed by atoms with Gasteiger partial charge in [0.05, 0.1) is 6.61 Å². The van der Waals surface area contributed by atoms with Crippen LogP contribution in [-0.2, 0) is 5.41 Å². The lowest BCUT2D eigenvalue weighted by Crippen LogP contribution is -2.23. The van der Waals surface area contributed by atoms with Gasteiger partial charge in [-0.05, 0) is 36.6 Å². The van der Waals surface area contributed by atoms with Gasteiger partial charge in [0.2, 0.25) is 0 Å². The van der Waals surface area contributed by atoms with Crippen LogP contribution in [0.4, 0.5) is 0 Å². The molecule has 1 heterocycles. The van der Waals surface area contributed by atoms with Crippen molar-refractivity contribution in [2.45, 2.75) is 52.5 Å². The molecule has 1 atom stereocenters. The fraction of sp³-hybridized carbons (Fsp3) is 0.647. The fourth-order valence-corrected chi connectivity index (χ4v) is 2.75. The van der Waals surface area contributed by atoms with E-state index in [4.69, 9.17) is 4.74 Å². The van der Waals surface area contributed by atoms with Crippen LogP contribution >= 0.6 is 0 Å². The van der Waals surface area contributed by atoms with Crippen LogP contribution in [0.25, 0.3) is 0 Å². The molecule has 2 heteroatoms. The van der Waals surface area contributed by atoms with Crippen LogP contribution in [0.2, 0.25) is 0 Å². The van der Waals surface area contributed by atoms with E-state index in [1.54, 1.807) is 0 Å². The molecule has 1 aromatic carbocycles. The van der Waals surface area contributed by atoms with Crippen LogP contribution in [-0.4, -0.2) is 13.7 Å². The minimum Gasteiger partial charge on any atom is -0.492 e. The summed E-state index contributed by atoms with van der Waals surface area (Å²) in [5.74, 6) is 1.05. The van der Waals surface area contributed by atoms with Gasteiger partial charge in [-0.15, -0.1) is 0 Å². The molecule has 0 radical (unpaired) electrons. The molecule has 1 unspecified atom stereocenters. The molecule has 0 aliphatic carbocycles. The second-order valence-electron chi connectivity index (χ2n) is 7.53. The van der Waals surface area contributed by atoms with Crippen LogP contribution in [0.1, 0.15) is 58.2 Å². The Labute approximate surface area is 117 Å². The molecular formula is C17H27NO. The van der Waals surface area contributed by atoms with Gasteiger partial charge < -0.3 is 10.1 Å². The Bertz CT molecular complexity index is 457. The summed E-state index contributed by atoms with van der Waals surface area (Å²) >= 11 is 0. The second-order valence-corrected chi connectivity index (χ2v) is 7.53. The van der Waals surface area contributed by atoms with Gasteiger partial charge in [0.15, 0.2) is 0 Å². The number of benzene rings is 1. The smallest absolute Gasteiger partial charge is 0.123 e. The van der Waals surface area contributed by atoms with Crippen LogP contribution in [0, 0.1) is 5.41 Å². The topological polar surface area (TPSA) is 21.3 Å². The van der Waals surface area contributed by atoms with Gasteiger partial charge in [-0.25, -0.2) is 0 Å². The lowest BCUT2D eigenvalue weighted by Gasteiger charge is -2.27. The van der Waals surface area contributed by atoms with Crippen molar-refractivity contribution in [3.05, 3.63) is 29.3 Å². The normalized spacial score (nSPS) is 18.8. The van der Waals surface area contributed by atoms with E-state index in [1.807, 2.05) is 7.05 Å². The molecule has 19 heavy (non-hydrogen) atoms. The number of fused-ring (bicyclic) bond motifs is 1. The average Bonchev–Trinajstić information content (AvgIpc) is 2.61. The summed E-state index contributed by atoms with van der Waals surface area (Å²) < 4.78 is 5.76. The zero-order valence-corrected chi connectivity index (χ0v) is 13.1. The van der Waals surface area contributed by atoms with Crippen LogP contribution in [0.5, 0.6) is 5.75 Å². The average molecular weight is 261 g/mol. The minimum atomic E-state index is 0.130. The van der Waals surface area contributed by atoms with Crippen LogP contribution in [0.3, 0.4) is 0 Å². The van der Waals surface area contributed by atoms with Crippen molar-refractivity contribution >= 4 is 0 Å². The molecule has 0 amide bonds. The van der Waals surface area contributed by atoms with E-state index in [0.717, 1.165) is 18.8 Å². The molecule has 0 saturated heterocycles. The Morgan fingerprint density at radius 1 is 1.32 bits per heavy atom. The zero-order chi connectivity index (χ0) is 14.3. The van der Waals surface area contributed by atoms with Gasteiger partial charge in [-0.1, -0.05) is 40.7 Å². The van der Waals surface area contributed by atoms with E-state index >= 15 is 0 Å². The van der Waals surface area contributed by atoms with Gasteiger partial charge in [0, 0.05) is 17.0 Å². The monoisotopic (exact) mass is 261 g/mol. The van der Waals surface area contributed by atoms with Crippen LogP contribution in [0.15, 0.2) is 18.2 Å². The molecule has 1 N–H and O–H groups in total. The first-order chi connectivity index (χ1) is 8.73. The Morgan fingerprint density at radius 3 is 2.58 bits per heavy atom. The highest BCUT2D eigenvalue weighted by Crippen LogP contribution is 2.40. The minimum absolute atomic E-state index is 0.130. The van der Waals surface area contributed by atoms with Crippen molar-refractivity contribution in [3.63, 3.8) is 0 Å². The van der Waals surface area contributed by atoms with Crippen molar-refractivity contribution in [3.8, 4) is 5.75 Å². The van der Waals surface area contributed by atoms with E-state index in [1.165, 1.54) is 11.1 Å². The van der Waals surface area contributed by atoms with Gasteiger partial charge in [-0.3, -0.25) is 0 Å². The fourth-order valence-electron chi connectivity index (χ4n) is 2.75. The van der Waals surface area contributed by atoms with E-state index in [2.05, 4.69) is 58.1 Å². The number of rotatable bonds is 3. The molecular weight excluding hydrogens is 234 g/mol. The van der Waals surface area contributed by atoms with Crippen molar-refractivity contribution in [1.29, 1.82) is 0 Å². The molecule has 0 bridgehead atoms. The molecule has 106 valence electrons. The number of nitrogens with one attached hydrogen (secondary N) is 1. The Hall–Kier alpha value is -1.02. The molecule has 1 aromatic rings. The third kappa shape index (κ3) is 3.11. The van der Waals surface area contributed by atoms with Crippen LogP contribution < -0.4 is 10.1 Å². The van der Waals surface area contributed by atoms with Gasteiger partial charge in [0.25, 0.3) is 0 Å². The molecule has 0 spiro atoms. The van der Waals surface area contributed by atoms with E-state index in [9.17, 15) is 0 Å². The lowest BCUT2D eigenvalue weighted by atomic mass is 9.82. The molecule has 2 rings (SSSR count). The lowest BCUT2D eigenvalue weighted by molar-refractivity contribution is 0.291. The Balaban J connectivity index is 2.31. The largest absolute Gasteiger partial charge is 0.492 e. The number of hydrogen-bond donors (Lipinski definition) is 1.